The topological polar surface area (TPSA) is 75.6 Å². The Bertz CT molecular complexity index is 295. The fourth-order valence-corrected chi connectivity index (χ4v) is 2.36. The number of hydrogen-bond acceptors (Lipinski definition) is 3. The molecule has 0 aromatic rings. The molecular weight excluding hydrogens is 222 g/mol. The Morgan fingerprint density at radius 3 is 2.59 bits per heavy atom. The summed E-state index contributed by atoms with van der Waals surface area (Å²) in [6.45, 7) is 1.08. The predicted octanol–water partition coefficient (Wildman–Crippen LogP) is 0.782. The molecule has 0 bridgehead atoms. The Labute approximate surface area is 101 Å². The number of carbonyl (C=O) groups is 2. The van der Waals surface area contributed by atoms with Crippen molar-refractivity contribution >= 4 is 11.9 Å². The molecule has 1 heterocycles. The number of carbonyl (C=O) groups excluding carboxylic acids is 1. The van der Waals surface area contributed by atoms with Crippen molar-refractivity contribution in [2.75, 3.05) is 13.2 Å². The molecule has 1 saturated heterocycles. The van der Waals surface area contributed by atoms with Crippen molar-refractivity contribution in [2.45, 2.75) is 38.1 Å². The average Bonchev–Trinajstić information content (AvgIpc) is 2.72. The number of amides is 1. The lowest BCUT2D eigenvalue weighted by Gasteiger charge is -2.27. The maximum absolute atomic E-state index is 11.7. The van der Waals surface area contributed by atoms with Gasteiger partial charge in [0.1, 0.15) is 0 Å². The van der Waals surface area contributed by atoms with Crippen molar-refractivity contribution in [3.63, 3.8) is 0 Å². The minimum Gasteiger partial charge on any atom is -0.481 e. The molecule has 5 nitrogen and oxygen atoms in total. The van der Waals surface area contributed by atoms with E-state index >= 15 is 0 Å². The number of nitrogens with one attached hydrogen (secondary N) is 1. The fourth-order valence-electron chi connectivity index (χ4n) is 2.36. The zero-order chi connectivity index (χ0) is 12.3. The van der Waals surface area contributed by atoms with Crippen LogP contribution in [0.2, 0.25) is 0 Å². The fraction of sp³-hybridized carbons (Fsp3) is 0.833. The van der Waals surface area contributed by atoms with Gasteiger partial charge in [0.15, 0.2) is 0 Å². The van der Waals surface area contributed by atoms with Gasteiger partial charge in [0.05, 0.1) is 12.5 Å². The van der Waals surface area contributed by atoms with Gasteiger partial charge in [0.2, 0.25) is 5.91 Å². The highest BCUT2D eigenvalue weighted by atomic mass is 16.5. The Morgan fingerprint density at radius 2 is 2.12 bits per heavy atom. The maximum Gasteiger partial charge on any atom is 0.307 e. The van der Waals surface area contributed by atoms with E-state index < -0.39 is 11.9 Å². The summed E-state index contributed by atoms with van der Waals surface area (Å²) in [6.07, 6.45) is 4.03. The molecule has 17 heavy (non-hydrogen) atoms. The number of ether oxygens (including phenoxy) is 1. The third kappa shape index (κ3) is 3.19. The van der Waals surface area contributed by atoms with Gasteiger partial charge in [-0.05, 0) is 31.6 Å². The molecule has 5 heteroatoms. The average molecular weight is 241 g/mol. The van der Waals surface area contributed by atoms with Gasteiger partial charge in [-0.3, -0.25) is 9.59 Å². The van der Waals surface area contributed by atoms with E-state index in [1.807, 2.05) is 0 Å². The number of rotatable bonds is 5. The van der Waals surface area contributed by atoms with Crippen molar-refractivity contribution in [1.29, 1.82) is 0 Å². The first kappa shape index (κ1) is 12.4. The minimum absolute atomic E-state index is 0.0142. The summed E-state index contributed by atoms with van der Waals surface area (Å²) < 4.78 is 5.19. The summed E-state index contributed by atoms with van der Waals surface area (Å²) >= 11 is 0. The third-order valence-electron chi connectivity index (χ3n) is 3.73. The summed E-state index contributed by atoms with van der Waals surface area (Å²) in [4.78, 5) is 22.9. The van der Waals surface area contributed by atoms with E-state index in [0.29, 0.717) is 13.2 Å². The van der Waals surface area contributed by atoms with Gasteiger partial charge < -0.3 is 15.2 Å². The number of hydrogen-bond donors (Lipinski definition) is 2. The van der Waals surface area contributed by atoms with Crippen LogP contribution in [0.3, 0.4) is 0 Å². The van der Waals surface area contributed by atoms with Crippen LogP contribution in [0.15, 0.2) is 0 Å². The van der Waals surface area contributed by atoms with Crippen LogP contribution in [-0.4, -0.2) is 36.2 Å². The summed E-state index contributed by atoms with van der Waals surface area (Å²) in [6, 6.07) is 0.275. The summed E-state index contributed by atoms with van der Waals surface area (Å²) in [7, 11) is 0. The smallest absolute Gasteiger partial charge is 0.307 e. The van der Waals surface area contributed by atoms with Crippen molar-refractivity contribution in [3.8, 4) is 0 Å². The number of aliphatic carboxylic acids is 1. The van der Waals surface area contributed by atoms with E-state index in [1.165, 1.54) is 0 Å². The monoisotopic (exact) mass is 241 g/mol. The van der Waals surface area contributed by atoms with Gasteiger partial charge in [-0.25, -0.2) is 0 Å². The van der Waals surface area contributed by atoms with Gasteiger partial charge >= 0.3 is 5.97 Å². The Balaban J connectivity index is 1.83. The van der Waals surface area contributed by atoms with Crippen molar-refractivity contribution in [1.82, 2.24) is 5.32 Å². The standard InChI is InChI=1S/C12H19NO4/c14-11(13-9-2-1-3-9)6-10(12(15)16)8-4-5-17-7-8/h8-10H,1-7H2,(H,13,14)(H,15,16). The van der Waals surface area contributed by atoms with Crippen LogP contribution in [0, 0.1) is 11.8 Å². The lowest BCUT2D eigenvalue weighted by atomic mass is 9.87. The van der Waals surface area contributed by atoms with Crippen LogP contribution in [0.5, 0.6) is 0 Å². The molecule has 96 valence electrons. The Kier molecular flexibility index (Phi) is 3.99. The molecular formula is C12H19NO4. The minimum atomic E-state index is -0.885. The second-order valence-electron chi connectivity index (χ2n) is 4.97. The SMILES string of the molecule is O=C(CC(C(=O)O)C1CCOC1)NC1CCC1. The van der Waals surface area contributed by atoms with Gasteiger partial charge in [-0.15, -0.1) is 0 Å². The first-order valence-electron chi connectivity index (χ1n) is 6.26. The van der Waals surface area contributed by atoms with Gasteiger partial charge in [0, 0.05) is 19.1 Å². The molecule has 2 atom stereocenters. The van der Waals surface area contributed by atoms with Crippen LogP contribution in [0.1, 0.15) is 32.1 Å². The van der Waals surface area contributed by atoms with E-state index in [4.69, 9.17) is 9.84 Å². The van der Waals surface area contributed by atoms with Crippen LogP contribution in [-0.2, 0) is 14.3 Å². The van der Waals surface area contributed by atoms with E-state index in [9.17, 15) is 9.59 Å². The number of carboxylic acid groups (broad SMARTS) is 1. The zero-order valence-corrected chi connectivity index (χ0v) is 9.85. The first-order chi connectivity index (χ1) is 8.16. The molecule has 1 aliphatic heterocycles. The molecule has 0 aromatic heterocycles. The van der Waals surface area contributed by atoms with Gasteiger partial charge in [-0.2, -0.15) is 0 Å². The zero-order valence-electron chi connectivity index (χ0n) is 9.85. The normalized spacial score (nSPS) is 26.2. The van der Waals surface area contributed by atoms with Crippen molar-refractivity contribution in [3.05, 3.63) is 0 Å². The molecule has 1 amide bonds. The Morgan fingerprint density at radius 1 is 1.35 bits per heavy atom. The highest BCUT2D eigenvalue weighted by molar-refractivity contribution is 5.82. The number of carboxylic acids is 1. The van der Waals surface area contributed by atoms with Gasteiger partial charge in [0.25, 0.3) is 0 Å². The summed E-state index contributed by atoms with van der Waals surface area (Å²) in [5, 5.41) is 12.0. The van der Waals surface area contributed by atoms with Gasteiger partial charge in [-0.1, -0.05) is 0 Å². The molecule has 0 radical (unpaired) electrons. The molecule has 2 aliphatic rings. The van der Waals surface area contributed by atoms with Crippen LogP contribution in [0.4, 0.5) is 0 Å². The molecule has 1 aliphatic carbocycles. The van der Waals surface area contributed by atoms with E-state index in [1.54, 1.807) is 0 Å². The molecule has 0 spiro atoms. The molecule has 1 saturated carbocycles. The summed E-state index contributed by atoms with van der Waals surface area (Å²) in [5.41, 5.74) is 0. The van der Waals surface area contributed by atoms with E-state index in [0.717, 1.165) is 25.7 Å². The second-order valence-corrected chi connectivity index (χ2v) is 4.97. The van der Waals surface area contributed by atoms with Crippen LogP contribution in [0.25, 0.3) is 0 Å². The maximum atomic E-state index is 11.7. The molecule has 2 N–H and O–H groups in total. The quantitative estimate of drug-likeness (QED) is 0.746. The van der Waals surface area contributed by atoms with E-state index in [2.05, 4.69) is 5.32 Å². The van der Waals surface area contributed by atoms with E-state index in [-0.39, 0.29) is 24.3 Å². The van der Waals surface area contributed by atoms with Crippen LogP contribution >= 0.6 is 0 Å². The molecule has 2 fully saturated rings. The molecule has 2 unspecified atom stereocenters. The van der Waals surface area contributed by atoms with Crippen molar-refractivity contribution in [2.24, 2.45) is 11.8 Å². The largest absolute Gasteiger partial charge is 0.481 e. The highest BCUT2D eigenvalue weighted by Gasteiger charge is 2.33. The Hall–Kier alpha value is -1.10. The lowest BCUT2D eigenvalue weighted by Crippen LogP contribution is -2.41. The third-order valence-corrected chi connectivity index (χ3v) is 3.73. The highest BCUT2D eigenvalue weighted by Crippen LogP contribution is 2.26. The second kappa shape index (κ2) is 5.49. The van der Waals surface area contributed by atoms with Crippen molar-refractivity contribution < 1.29 is 19.4 Å². The predicted molar refractivity (Wildman–Crippen MR) is 60.5 cm³/mol. The lowest BCUT2D eigenvalue weighted by molar-refractivity contribution is -0.146. The van der Waals surface area contributed by atoms with Crippen LogP contribution < -0.4 is 5.32 Å². The first-order valence-corrected chi connectivity index (χ1v) is 6.26. The molecule has 0 aromatic carbocycles. The summed E-state index contributed by atoms with van der Waals surface area (Å²) in [5.74, 6) is -1.63. The molecule has 2 rings (SSSR count).